The van der Waals surface area contributed by atoms with Crippen LogP contribution >= 0.6 is 24.0 Å². The molecule has 0 aromatic heterocycles. The van der Waals surface area contributed by atoms with Crippen molar-refractivity contribution in [2.75, 3.05) is 26.7 Å². The first-order chi connectivity index (χ1) is 12.5. The normalized spacial score (nSPS) is 17.0. The number of nitrogens with two attached hydrogens (primary N) is 1. The third kappa shape index (κ3) is 7.36. The summed E-state index contributed by atoms with van der Waals surface area (Å²) in [5, 5.41) is 5.96. The number of nitrogens with zero attached hydrogens (tertiary/aromatic N) is 2. The molecule has 1 aromatic carbocycles. The summed E-state index contributed by atoms with van der Waals surface area (Å²) >= 11 is 0. The fraction of sp³-hybridized carbons (Fsp3) is 0.526. The van der Waals surface area contributed by atoms with Crippen molar-refractivity contribution >= 4 is 41.8 Å². The maximum absolute atomic E-state index is 11.8. The molecule has 4 N–H and O–H groups in total. The van der Waals surface area contributed by atoms with E-state index in [0.717, 1.165) is 44.0 Å². The molecule has 0 aliphatic carbocycles. The van der Waals surface area contributed by atoms with Crippen molar-refractivity contribution in [2.45, 2.75) is 32.7 Å². The number of carbonyl (C=O) groups excluding carboxylic acids is 2. The number of halogens is 1. The fourth-order valence-electron chi connectivity index (χ4n) is 3.26. The van der Waals surface area contributed by atoms with Gasteiger partial charge in [-0.15, -0.1) is 24.0 Å². The standard InChI is InChI=1S/C19H29N5O2.HI/c1-3-22-19(24-9-5-7-15(13-24)11-17(20)25)23-12-14-6-4-8-16(10-14)18(26)21-2;/h4,6,8,10,15H,3,5,7,9,11-13H2,1-2H3,(H2,20,25)(H,21,26)(H,22,23);1H. The molecule has 0 bridgehead atoms. The minimum Gasteiger partial charge on any atom is -0.370 e. The first-order valence-corrected chi connectivity index (χ1v) is 9.16. The summed E-state index contributed by atoms with van der Waals surface area (Å²) in [5.74, 6) is 0.770. The number of guanidine groups is 1. The minimum atomic E-state index is -0.246. The lowest BCUT2D eigenvalue weighted by Crippen LogP contribution is -2.47. The lowest BCUT2D eigenvalue weighted by molar-refractivity contribution is -0.119. The molecule has 2 rings (SSSR count). The third-order valence-electron chi connectivity index (χ3n) is 4.47. The Morgan fingerprint density at radius 2 is 2.15 bits per heavy atom. The molecule has 7 nitrogen and oxygen atoms in total. The van der Waals surface area contributed by atoms with Gasteiger partial charge in [-0.2, -0.15) is 0 Å². The molecule has 2 amide bonds. The van der Waals surface area contributed by atoms with E-state index in [-0.39, 0.29) is 41.7 Å². The molecule has 150 valence electrons. The first kappa shape index (κ1) is 23.2. The summed E-state index contributed by atoms with van der Waals surface area (Å²) in [6.45, 7) is 5.00. The number of benzene rings is 1. The summed E-state index contributed by atoms with van der Waals surface area (Å²) in [6.07, 6.45) is 2.46. The van der Waals surface area contributed by atoms with Crippen molar-refractivity contribution in [1.82, 2.24) is 15.5 Å². The molecular formula is C19H30IN5O2. The van der Waals surface area contributed by atoms with Gasteiger partial charge in [0, 0.05) is 38.7 Å². The Hall–Kier alpha value is -1.84. The second-order valence-corrected chi connectivity index (χ2v) is 6.57. The summed E-state index contributed by atoms with van der Waals surface area (Å²) in [5.41, 5.74) is 6.96. The van der Waals surface area contributed by atoms with E-state index in [1.165, 1.54) is 0 Å². The van der Waals surface area contributed by atoms with Gasteiger partial charge in [0.15, 0.2) is 5.96 Å². The van der Waals surface area contributed by atoms with Crippen LogP contribution in [0.25, 0.3) is 0 Å². The van der Waals surface area contributed by atoms with Gasteiger partial charge in [-0.1, -0.05) is 12.1 Å². The van der Waals surface area contributed by atoms with Gasteiger partial charge in [-0.25, -0.2) is 4.99 Å². The first-order valence-electron chi connectivity index (χ1n) is 9.16. The number of piperidine rings is 1. The van der Waals surface area contributed by atoms with Crippen LogP contribution in [0.15, 0.2) is 29.3 Å². The summed E-state index contributed by atoms with van der Waals surface area (Å²) < 4.78 is 0. The van der Waals surface area contributed by atoms with E-state index in [9.17, 15) is 9.59 Å². The van der Waals surface area contributed by atoms with Crippen LogP contribution in [-0.2, 0) is 11.3 Å². The van der Waals surface area contributed by atoms with Crippen molar-refractivity contribution < 1.29 is 9.59 Å². The topological polar surface area (TPSA) is 99.8 Å². The molecule has 27 heavy (non-hydrogen) atoms. The second kappa shape index (κ2) is 11.8. The molecule has 1 aliphatic rings. The zero-order valence-corrected chi connectivity index (χ0v) is 18.4. The van der Waals surface area contributed by atoms with Gasteiger partial charge >= 0.3 is 0 Å². The zero-order valence-electron chi connectivity index (χ0n) is 16.0. The van der Waals surface area contributed by atoms with Crippen molar-refractivity contribution in [2.24, 2.45) is 16.6 Å². The predicted molar refractivity (Wildman–Crippen MR) is 118 cm³/mol. The average Bonchev–Trinajstić information content (AvgIpc) is 2.64. The number of carbonyl (C=O) groups is 2. The molecule has 1 atom stereocenters. The molecule has 1 saturated heterocycles. The number of nitrogens with one attached hydrogen (secondary N) is 2. The molecule has 0 saturated carbocycles. The number of rotatable bonds is 6. The number of aliphatic imine (C=N–C) groups is 1. The Labute approximate surface area is 178 Å². The van der Waals surface area contributed by atoms with Gasteiger partial charge < -0.3 is 21.3 Å². The molecule has 0 radical (unpaired) electrons. The van der Waals surface area contributed by atoms with Crippen LogP contribution in [0.5, 0.6) is 0 Å². The van der Waals surface area contributed by atoms with Crippen molar-refractivity contribution in [3.63, 3.8) is 0 Å². The van der Waals surface area contributed by atoms with E-state index >= 15 is 0 Å². The van der Waals surface area contributed by atoms with Crippen molar-refractivity contribution in [3.8, 4) is 0 Å². The van der Waals surface area contributed by atoms with Crippen LogP contribution in [0.2, 0.25) is 0 Å². The van der Waals surface area contributed by atoms with E-state index in [1.54, 1.807) is 13.1 Å². The highest BCUT2D eigenvalue weighted by molar-refractivity contribution is 14.0. The van der Waals surface area contributed by atoms with Crippen LogP contribution in [0, 0.1) is 5.92 Å². The molecular weight excluding hydrogens is 457 g/mol. The Bertz CT molecular complexity index is 665. The third-order valence-corrected chi connectivity index (χ3v) is 4.47. The van der Waals surface area contributed by atoms with Crippen LogP contribution in [0.1, 0.15) is 42.1 Å². The van der Waals surface area contributed by atoms with E-state index in [1.807, 2.05) is 25.1 Å². The van der Waals surface area contributed by atoms with E-state index in [0.29, 0.717) is 18.5 Å². The van der Waals surface area contributed by atoms with Gasteiger partial charge in [0.05, 0.1) is 6.54 Å². The lowest BCUT2D eigenvalue weighted by Gasteiger charge is -2.34. The maximum atomic E-state index is 11.8. The number of primary amides is 1. The van der Waals surface area contributed by atoms with Gasteiger partial charge in [-0.3, -0.25) is 9.59 Å². The summed E-state index contributed by atoms with van der Waals surface area (Å²) in [6, 6.07) is 7.48. The predicted octanol–water partition coefficient (Wildman–Crippen LogP) is 1.72. The highest BCUT2D eigenvalue weighted by Crippen LogP contribution is 2.19. The Balaban J connectivity index is 0.00000364. The zero-order chi connectivity index (χ0) is 18.9. The Morgan fingerprint density at radius 1 is 1.37 bits per heavy atom. The SMILES string of the molecule is CCNC(=NCc1cccc(C(=O)NC)c1)N1CCCC(CC(N)=O)C1.I. The molecule has 1 unspecified atom stereocenters. The maximum Gasteiger partial charge on any atom is 0.251 e. The minimum absolute atomic E-state index is 0. The molecule has 1 fully saturated rings. The molecule has 1 heterocycles. The van der Waals surface area contributed by atoms with Gasteiger partial charge in [0.1, 0.15) is 0 Å². The molecule has 0 spiro atoms. The largest absolute Gasteiger partial charge is 0.370 e. The highest BCUT2D eigenvalue weighted by Gasteiger charge is 2.23. The summed E-state index contributed by atoms with van der Waals surface area (Å²) in [7, 11) is 1.62. The average molecular weight is 487 g/mol. The quantitative estimate of drug-likeness (QED) is 0.323. The van der Waals surface area contributed by atoms with Gasteiger partial charge in [-0.05, 0) is 43.4 Å². The van der Waals surface area contributed by atoms with E-state index < -0.39 is 0 Å². The second-order valence-electron chi connectivity index (χ2n) is 6.57. The fourth-order valence-corrected chi connectivity index (χ4v) is 3.26. The highest BCUT2D eigenvalue weighted by atomic mass is 127. The molecule has 8 heteroatoms. The van der Waals surface area contributed by atoms with Crippen molar-refractivity contribution in [3.05, 3.63) is 35.4 Å². The van der Waals surface area contributed by atoms with Gasteiger partial charge in [0.2, 0.25) is 5.91 Å². The molecule has 1 aliphatic heterocycles. The van der Waals surface area contributed by atoms with Gasteiger partial charge in [0.25, 0.3) is 5.91 Å². The van der Waals surface area contributed by atoms with Crippen molar-refractivity contribution in [1.29, 1.82) is 0 Å². The van der Waals surface area contributed by atoms with Crippen LogP contribution in [0.4, 0.5) is 0 Å². The number of amides is 2. The van der Waals surface area contributed by atoms with E-state index in [2.05, 4.69) is 15.5 Å². The van der Waals surface area contributed by atoms with Crippen LogP contribution in [0.3, 0.4) is 0 Å². The number of likely N-dealkylation sites (tertiary alicyclic amines) is 1. The molecule has 1 aromatic rings. The number of hydrogen-bond acceptors (Lipinski definition) is 3. The number of hydrogen-bond donors (Lipinski definition) is 3. The van der Waals surface area contributed by atoms with Crippen LogP contribution in [-0.4, -0.2) is 49.4 Å². The summed E-state index contributed by atoms with van der Waals surface area (Å²) in [4.78, 5) is 29.9. The van der Waals surface area contributed by atoms with Crippen LogP contribution < -0.4 is 16.4 Å². The smallest absolute Gasteiger partial charge is 0.251 e. The Kier molecular flexibility index (Phi) is 10.1. The van der Waals surface area contributed by atoms with E-state index in [4.69, 9.17) is 10.7 Å². The monoisotopic (exact) mass is 487 g/mol. The Morgan fingerprint density at radius 3 is 2.81 bits per heavy atom. The lowest BCUT2D eigenvalue weighted by atomic mass is 9.95.